The van der Waals surface area contributed by atoms with E-state index in [1.807, 2.05) is 62.4 Å². The topological polar surface area (TPSA) is 145 Å². The summed E-state index contributed by atoms with van der Waals surface area (Å²) < 4.78 is 40.3. The summed E-state index contributed by atoms with van der Waals surface area (Å²) >= 11 is 0. The van der Waals surface area contributed by atoms with Gasteiger partial charge in [-0.15, -0.1) is 0 Å². The van der Waals surface area contributed by atoms with Gasteiger partial charge in [0, 0.05) is 48.6 Å². The molecule has 1 aromatic carbocycles. The molecule has 7 rings (SSSR count). The van der Waals surface area contributed by atoms with Crippen molar-refractivity contribution >= 4 is 38.5 Å². The van der Waals surface area contributed by atoms with Crippen molar-refractivity contribution < 1.29 is 32.3 Å². The van der Waals surface area contributed by atoms with Crippen LogP contribution in [0.2, 0.25) is 0 Å². The number of pyridine rings is 2. The Balaban J connectivity index is 1.21. The Kier molecular flexibility index (Phi) is 9.41. The minimum Gasteiger partial charge on any atom is -0.496 e. The van der Waals surface area contributed by atoms with E-state index in [1.54, 1.807) is 19.1 Å². The fourth-order valence-corrected chi connectivity index (χ4v) is 9.33. The summed E-state index contributed by atoms with van der Waals surface area (Å²) in [5, 5.41) is 0.222. The van der Waals surface area contributed by atoms with Crippen molar-refractivity contribution in [1.82, 2.24) is 19.6 Å². The lowest BCUT2D eigenvalue weighted by molar-refractivity contribution is -0.140. The molecule has 3 aromatic rings. The number of carbonyl (C=O) groups excluding carboxylic acids is 3. The number of ether oxygens (including phenoxy) is 2. The molecule has 0 saturated heterocycles. The minimum atomic E-state index is -3.79. The number of benzene rings is 1. The quantitative estimate of drug-likeness (QED) is 0.315. The molecule has 1 unspecified atom stereocenters. The standard InChI is InChI=1S/C39H46N4O7S/c1-23-10-9-12-31(40-23)32-20-35(28-15-16-34(49-4)24(2)36(28)41-32)50-26-18-29-30(19-26)37(45)43(3)17-8-6-5-7-11-25-21-39(25,22-33(29)44)38(46)42-51(47,48)27-13-14-27/h7,9-12,15-16,20,25-27,29-30H,5-6,8,13-14,17-19,21-22H2,1-4H3,(H,42,46)/b11-7-/t25-,26-,29-,30?,39-/m1/s1. The van der Waals surface area contributed by atoms with Gasteiger partial charge in [0.05, 0.1) is 40.6 Å². The Morgan fingerprint density at radius 3 is 2.53 bits per heavy atom. The third kappa shape index (κ3) is 6.99. The predicted octanol–water partition coefficient (Wildman–Crippen LogP) is 5.47. The first-order valence-electron chi connectivity index (χ1n) is 18.0. The number of amides is 2. The van der Waals surface area contributed by atoms with Crippen LogP contribution in [0.3, 0.4) is 0 Å². The fraction of sp³-hybridized carbons (Fsp3) is 0.513. The van der Waals surface area contributed by atoms with Crippen LogP contribution in [0.25, 0.3) is 22.3 Å². The maximum atomic E-state index is 14.4. The number of allylic oxidation sites excluding steroid dienone is 2. The second-order valence-corrected chi connectivity index (χ2v) is 16.8. The number of aromatic nitrogens is 2. The van der Waals surface area contributed by atoms with Gasteiger partial charge in [-0.1, -0.05) is 18.2 Å². The van der Waals surface area contributed by atoms with Crippen LogP contribution in [0, 0.1) is 37.0 Å². The molecule has 2 aromatic heterocycles. The van der Waals surface area contributed by atoms with Crippen LogP contribution in [0.5, 0.6) is 11.5 Å². The van der Waals surface area contributed by atoms with Crippen LogP contribution in [0.4, 0.5) is 0 Å². The molecule has 3 fully saturated rings. The van der Waals surface area contributed by atoms with E-state index in [-0.39, 0.29) is 24.0 Å². The van der Waals surface area contributed by atoms with E-state index in [1.165, 1.54) is 0 Å². The Bertz CT molecular complexity index is 2030. The molecule has 51 heavy (non-hydrogen) atoms. The molecule has 3 saturated carbocycles. The molecule has 5 atom stereocenters. The second-order valence-electron chi connectivity index (χ2n) is 14.9. The lowest BCUT2D eigenvalue weighted by Gasteiger charge is -2.26. The van der Waals surface area contributed by atoms with Crippen molar-refractivity contribution in [1.29, 1.82) is 0 Å². The second kappa shape index (κ2) is 13.7. The van der Waals surface area contributed by atoms with Crippen molar-refractivity contribution in [3.05, 3.63) is 59.8 Å². The highest BCUT2D eigenvalue weighted by Gasteiger charge is 2.61. The number of carbonyl (C=O) groups is 3. The van der Waals surface area contributed by atoms with Gasteiger partial charge in [0.25, 0.3) is 0 Å². The van der Waals surface area contributed by atoms with Gasteiger partial charge in [-0.3, -0.25) is 24.1 Å². The van der Waals surface area contributed by atoms with E-state index in [0.29, 0.717) is 67.1 Å². The van der Waals surface area contributed by atoms with Crippen LogP contribution in [0.1, 0.15) is 69.0 Å². The summed E-state index contributed by atoms with van der Waals surface area (Å²) in [6, 6.07) is 11.4. The number of ketones is 1. The molecule has 3 heterocycles. The molecule has 3 aliphatic carbocycles. The highest BCUT2D eigenvalue weighted by atomic mass is 32.2. The van der Waals surface area contributed by atoms with Gasteiger partial charge in [-0.05, 0) is 95.4 Å². The maximum absolute atomic E-state index is 14.4. The molecule has 2 amide bonds. The van der Waals surface area contributed by atoms with Gasteiger partial charge < -0.3 is 14.4 Å². The van der Waals surface area contributed by atoms with Gasteiger partial charge >= 0.3 is 0 Å². The predicted molar refractivity (Wildman–Crippen MR) is 193 cm³/mol. The molecule has 11 nitrogen and oxygen atoms in total. The largest absolute Gasteiger partial charge is 0.496 e. The summed E-state index contributed by atoms with van der Waals surface area (Å²) in [5.74, 6) is -1.22. The van der Waals surface area contributed by atoms with Crippen molar-refractivity contribution in [2.45, 2.75) is 83.0 Å². The maximum Gasteiger partial charge on any atom is 0.240 e. The van der Waals surface area contributed by atoms with E-state index in [9.17, 15) is 22.8 Å². The van der Waals surface area contributed by atoms with E-state index >= 15 is 0 Å². The van der Waals surface area contributed by atoms with Crippen LogP contribution in [0.15, 0.2) is 48.6 Å². The molecule has 0 radical (unpaired) electrons. The van der Waals surface area contributed by atoms with Gasteiger partial charge in [0.15, 0.2) is 0 Å². The molecule has 1 aliphatic heterocycles. The van der Waals surface area contributed by atoms with Crippen LogP contribution in [-0.2, 0) is 24.4 Å². The first-order chi connectivity index (χ1) is 24.4. The zero-order chi connectivity index (χ0) is 36.1. The third-order valence-corrected chi connectivity index (χ3v) is 13.0. The molecular formula is C39H46N4O7S. The number of hydrogen-bond acceptors (Lipinski definition) is 9. The smallest absolute Gasteiger partial charge is 0.240 e. The number of hydrogen-bond donors (Lipinski definition) is 1. The Morgan fingerprint density at radius 1 is 1.00 bits per heavy atom. The Morgan fingerprint density at radius 2 is 1.78 bits per heavy atom. The van der Waals surface area contributed by atoms with Crippen LogP contribution < -0.4 is 14.2 Å². The number of methoxy groups -OCH3 is 1. The van der Waals surface area contributed by atoms with Gasteiger partial charge in [0.1, 0.15) is 23.4 Å². The van der Waals surface area contributed by atoms with Crippen molar-refractivity contribution in [3.8, 4) is 22.9 Å². The lowest BCUT2D eigenvalue weighted by Crippen LogP contribution is -2.42. The number of fused-ring (bicyclic) bond motifs is 3. The van der Waals surface area contributed by atoms with Crippen LogP contribution in [-0.4, -0.2) is 72.9 Å². The molecular weight excluding hydrogens is 669 g/mol. The molecule has 4 aliphatic rings. The number of Topliss-reactive ketones (excluding diaryl/α,β-unsaturated/α-hetero) is 1. The number of nitrogens with zero attached hydrogens (tertiary/aromatic N) is 3. The molecule has 270 valence electrons. The zero-order valence-corrected chi connectivity index (χ0v) is 30.5. The highest BCUT2D eigenvalue weighted by molar-refractivity contribution is 7.90. The van der Waals surface area contributed by atoms with E-state index < -0.39 is 44.5 Å². The van der Waals surface area contributed by atoms with Crippen molar-refractivity contribution in [2.75, 3.05) is 20.7 Å². The van der Waals surface area contributed by atoms with E-state index in [0.717, 1.165) is 35.9 Å². The summed E-state index contributed by atoms with van der Waals surface area (Å²) in [6.07, 6.45) is 7.91. The average molecular weight is 715 g/mol. The molecule has 12 heteroatoms. The number of rotatable bonds is 7. The fourth-order valence-electron chi connectivity index (χ4n) is 7.94. The zero-order valence-electron chi connectivity index (χ0n) is 29.7. The summed E-state index contributed by atoms with van der Waals surface area (Å²) in [4.78, 5) is 53.4. The van der Waals surface area contributed by atoms with Gasteiger partial charge in [-0.2, -0.15) is 0 Å². The molecule has 1 N–H and O–H groups in total. The number of sulfonamides is 1. The number of aryl methyl sites for hydroxylation is 2. The normalized spacial score (nSPS) is 27.6. The van der Waals surface area contributed by atoms with Crippen LogP contribution >= 0.6 is 0 Å². The Labute approximate surface area is 299 Å². The van der Waals surface area contributed by atoms with Gasteiger partial charge in [0.2, 0.25) is 21.8 Å². The third-order valence-electron chi connectivity index (χ3n) is 11.2. The monoisotopic (exact) mass is 714 g/mol. The first kappa shape index (κ1) is 35.1. The van der Waals surface area contributed by atoms with Crippen molar-refractivity contribution in [2.24, 2.45) is 23.2 Å². The highest BCUT2D eigenvalue weighted by Crippen LogP contribution is 2.58. The first-order valence-corrected chi connectivity index (χ1v) is 19.5. The summed E-state index contributed by atoms with van der Waals surface area (Å²) in [5.41, 5.74) is 2.57. The summed E-state index contributed by atoms with van der Waals surface area (Å²) in [7, 11) is -0.391. The summed E-state index contributed by atoms with van der Waals surface area (Å²) in [6.45, 7) is 4.44. The van der Waals surface area contributed by atoms with Gasteiger partial charge in [-0.25, -0.2) is 13.4 Å². The Hall–Kier alpha value is -4.32. The lowest BCUT2D eigenvalue weighted by atomic mass is 9.84. The number of nitrogens with one attached hydrogen (secondary N) is 1. The average Bonchev–Trinajstić information content (AvgIpc) is 4.03. The molecule has 0 spiro atoms. The molecule has 0 bridgehead atoms. The van der Waals surface area contributed by atoms with Crippen molar-refractivity contribution in [3.63, 3.8) is 0 Å². The minimum absolute atomic E-state index is 0.112. The SMILES string of the molecule is COc1ccc2c(O[C@H]3CC4C(=O)N(C)CCCC/C=C\[C@@H]5C[C@@]5(C(=O)NS(=O)(=O)C5CC5)CC(=O)[C@@H]4C3)cc(-c3cccc(C)n3)nc2c1C. The van der Waals surface area contributed by atoms with E-state index in [4.69, 9.17) is 19.4 Å². The van der Waals surface area contributed by atoms with E-state index in [2.05, 4.69) is 4.72 Å².